The molecule has 1 unspecified atom stereocenters. The maximum Gasteiger partial charge on any atom is 0.125 e. The van der Waals surface area contributed by atoms with Crippen LogP contribution in [0.25, 0.3) is 0 Å². The number of benzene rings is 1. The molecule has 1 N–H and O–H groups in total. The van der Waals surface area contributed by atoms with Gasteiger partial charge in [0.05, 0.1) is 10.7 Å². The first kappa shape index (κ1) is 14.1. The van der Waals surface area contributed by atoms with Crippen LogP contribution in [0.5, 0.6) is 0 Å². The molecule has 18 heavy (non-hydrogen) atoms. The molecular formula is C13H17BrClFN2. The summed E-state index contributed by atoms with van der Waals surface area (Å²) in [7, 11) is 0. The molecule has 0 saturated carbocycles. The van der Waals surface area contributed by atoms with Crippen molar-refractivity contribution in [2.45, 2.75) is 32.4 Å². The number of anilines is 1. The molecule has 1 fully saturated rings. The molecule has 1 aliphatic rings. The highest BCUT2D eigenvalue weighted by Gasteiger charge is 2.32. The summed E-state index contributed by atoms with van der Waals surface area (Å²) < 4.78 is 14.0. The second-order valence-corrected chi connectivity index (χ2v) is 6.72. The van der Waals surface area contributed by atoms with Gasteiger partial charge in [0, 0.05) is 29.1 Å². The fraction of sp³-hybridized carbons (Fsp3) is 0.538. The van der Waals surface area contributed by atoms with Gasteiger partial charge in [0.25, 0.3) is 0 Å². The quantitative estimate of drug-likeness (QED) is 0.839. The maximum atomic E-state index is 13.3. The van der Waals surface area contributed by atoms with E-state index in [4.69, 9.17) is 11.6 Å². The van der Waals surface area contributed by atoms with E-state index in [0.717, 1.165) is 18.8 Å². The van der Waals surface area contributed by atoms with Crippen LogP contribution in [0.15, 0.2) is 16.6 Å². The molecule has 1 atom stereocenters. The van der Waals surface area contributed by atoms with Crippen LogP contribution in [0.4, 0.5) is 10.1 Å². The Hall–Kier alpha value is -0.320. The third-order valence-corrected chi connectivity index (χ3v) is 4.14. The van der Waals surface area contributed by atoms with E-state index in [9.17, 15) is 4.39 Å². The topological polar surface area (TPSA) is 15.3 Å². The Balaban J connectivity index is 2.41. The van der Waals surface area contributed by atoms with Crippen LogP contribution in [-0.4, -0.2) is 24.7 Å². The minimum absolute atomic E-state index is 0.0175. The molecule has 0 aromatic heterocycles. The highest BCUT2D eigenvalue weighted by Crippen LogP contribution is 2.37. The average Bonchev–Trinajstić information content (AvgIpc) is 2.21. The van der Waals surface area contributed by atoms with Gasteiger partial charge in [0.2, 0.25) is 0 Å². The van der Waals surface area contributed by atoms with E-state index >= 15 is 0 Å². The molecule has 1 aromatic rings. The van der Waals surface area contributed by atoms with Gasteiger partial charge in [0.1, 0.15) is 5.82 Å². The zero-order valence-electron chi connectivity index (χ0n) is 10.7. The third kappa shape index (κ3) is 2.81. The van der Waals surface area contributed by atoms with E-state index in [0.29, 0.717) is 15.5 Å². The van der Waals surface area contributed by atoms with Crippen molar-refractivity contribution in [2.24, 2.45) is 0 Å². The second kappa shape index (κ2) is 4.99. The molecule has 1 aliphatic heterocycles. The fourth-order valence-corrected chi connectivity index (χ4v) is 3.37. The number of rotatable bonds is 1. The Kier molecular flexibility index (Phi) is 3.90. The van der Waals surface area contributed by atoms with E-state index in [1.165, 1.54) is 12.1 Å². The van der Waals surface area contributed by atoms with Gasteiger partial charge in [-0.2, -0.15) is 0 Å². The van der Waals surface area contributed by atoms with Crippen LogP contribution in [0.2, 0.25) is 5.02 Å². The van der Waals surface area contributed by atoms with Gasteiger partial charge < -0.3 is 10.2 Å². The standard InChI is InChI=1S/C13H17BrClFN2/c1-8-6-17-13(2,3)7-18(8)12-10(14)4-9(16)5-11(12)15/h4-5,8,17H,6-7H2,1-3H3. The highest BCUT2D eigenvalue weighted by molar-refractivity contribution is 9.10. The Bertz CT molecular complexity index is 441. The molecule has 5 heteroatoms. The Morgan fingerprint density at radius 2 is 2.17 bits per heavy atom. The van der Waals surface area contributed by atoms with E-state index in [1.807, 2.05) is 0 Å². The van der Waals surface area contributed by atoms with Crippen LogP contribution >= 0.6 is 27.5 Å². The molecular weight excluding hydrogens is 319 g/mol. The van der Waals surface area contributed by atoms with Crippen LogP contribution in [0.3, 0.4) is 0 Å². The molecule has 2 rings (SSSR count). The first-order valence-electron chi connectivity index (χ1n) is 5.96. The SMILES string of the molecule is CC1CNC(C)(C)CN1c1c(Cl)cc(F)cc1Br. The van der Waals surface area contributed by atoms with E-state index in [1.54, 1.807) is 0 Å². The number of hydrogen-bond donors (Lipinski definition) is 1. The molecule has 0 radical (unpaired) electrons. The minimum atomic E-state index is -0.322. The number of nitrogens with one attached hydrogen (secondary N) is 1. The van der Waals surface area contributed by atoms with Gasteiger partial charge in [-0.3, -0.25) is 0 Å². The minimum Gasteiger partial charge on any atom is -0.364 e. The lowest BCUT2D eigenvalue weighted by molar-refractivity contribution is 0.318. The van der Waals surface area contributed by atoms with Crippen molar-refractivity contribution in [3.63, 3.8) is 0 Å². The van der Waals surface area contributed by atoms with Crippen molar-refractivity contribution in [3.8, 4) is 0 Å². The normalized spacial score (nSPS) is 23.2. The number of piperazine rings is 1. The zero-order valence-corrected chi connectivity index (χ0v) is 13.1. The summed E-state index contributed by atoms with van der Waals surface area (Å²) in [6.45, 7) is 8.15. The van der Waals surface area contributed by atoms with Crippen molar-refractivity contribution in [1.29, 1.82) is 0 Å². The molecule has 1 aromatic carbocycles. The molecule has 0 bridgehead atoms. The largest absolute Gasteiger partial charge is 0.364 e. The zero-order chi connectivity index (χ0) is 13.5. The number of nitrogens with zero attached hydrogens (tertiary/aromatic N) is 1. The lowest BCUT2D eigenvalue weighted by Gasteiger charge is -2.45. The van der Waals surface area contributed by atoms with Crippen molar-refractivity contribution in [2.75, 3.05) is 18.0 Å². The monoisotopic (exact) mass is 334 g/mol. The van der Waals surface area contributed by atoms with Gasteiger partial charge in [-0.25, -0.2) is 4.39 Å². The lowest BCUT2D eigenvalue weighted by atomic mass is 9.98. The van der Waals surface area contributed by atoms with Gasteiger partial charge in [0.15, 0.2) is 0 Å². The number of halogens is 3. The summed E-state index contributed by atoms with van der Waals surface area (Å²) in [5, 5.41) is 3.93. The van der Waals surface area contributed by atoms with E-state index < -0.39 is 0 Å². The smallest absolute Gasteiger partial charge is 0.125 e. The Labute approximate surface area is 121 Å². The fourth-order valence-electron chi connectivity index (χ4n) is 2.28. The van der Waals surface area contributed by atoms with Crippen molar-refractivity contribution in [3.05, 3.63) is 27.4 Å². The maximum absolute atomic E-state index is 13.3. The van der Waals surface area contributed by atoms with Gasteiger partial charge >= 0.3 is 0 Å². The summed E-state index contributed by atoms with van der Waals surface area (Å²) in [4.78, 5) is 2.22. The highest BCUT2D eigenvalue weighted by atomic mass is 79.9. The lowest BCUT2D eigenvalue weighted by Crippen LogP contribution is -2.61. The first-order valence-corrected chi connectivity index (χ1v) is 7.13. The van der Waals surface area contributed by atoms with Crippen molar-refractivity contribution >= 4 is 33.2 Å². The predicted octanol–water partition coefficient (Wildman–Crippen LogP) is 3.82. The molecule has 0 amide bonds. The average molecular weight is 336 g/mol. The third-order valence-electron chi connectivity index (χ3n) is 3.24. The van der Waals surface area contributed by atoms with E-state index in [-0.39, 0.29) is 11.4 Å². The van der Waals surface area contributed by atoms with Gasteiger partial charge in [-0.05, 0) is 48.8 Å². The Morgan fingerprint density at radius 3 is 2.78 bits per heavy atom. The summed E-state index contributed by atoms with van der Waals surface area (Å²) in [5.74, 6) is -0.322. The second-order valence-electron chi connectivity index (χ2n) is 5.46. The predicted molar refractivity (Wildman–Crippen MR) is 78.0 cm³/mol. The molecule has 1 saturated heterocycles. The summed E-state index contributed by atoms with van der Waals surface area (Å²) in [6, 6.07) is 3.14. The molecule has 0 spiro atoms. The molecule has 100 valence electrons. The summed E-state index contributed by atoms with van der Waals surface area (Å²) in [5.41, 5.74) is 0.893. The summed E-state index contributed by atoms with van der Waals surface area (Å²) in [6.07, 6.45) is 0. The van der Waals surface area contributed by atoms with Crippen LogP contribution < -0.4 is 10.2 Å². The summed E-state index contributed by atoms with van der Waals surface area (Å²) >= 11 is 9.61. The van der Waals surface area contributed by atoms with Gasteiger partial charge in [-0.15, -0.1) is 0 Å². The van der Waals surface area contributed by atoms with Crippen molar-refractivity contribution in [1.82, 2.24) is 5.32 Å². The van der Waals surface area contributed by atoms with E-state index in [2.05, 4.69) is 46.9 Å². The number of hydrogen-bond acceptors (Lipinski definition) is 2. The van der Waals surface area contributed by atoms with Crippen molar-refractivity contribution < 1.29 is 4.39 Å². The first-order chi connectivity index (χ1) is 8.30. The van der Waals surface area contributed by atoms with Crippen LogP contribution in [0, 0.1) is 5.82 Å². The van der Waals surface area contributed by atoms with Gasteiger partial charge in [-0.1, -0.05) is 11.6 Å². The molecule has 0 aliphatic carbocycles. The van der Waals surface area contributed by atoms with Crippen LogP contribution in [-0.2, 0) is 0 Å². The molecule has 1 heterocycles. The van der Waals surface area contributed by atoms with Crippen LogP contribution in [0.1, 0.15) is 20.8 Å². The Morgan fingerprint density at radius 1 is 1.50 bits per heavy atom. The molecule has 2 nitrogen and oxygen atoms in total.